The van der Waals surface area contributed by atoms with E-state index in [9.17, 15) is 0 Å². The van der Waals surface area contributed by atoms with E-state index in [0.29, 0.717) is 0 Å². The van der Waals surface area contributed by atoms with Crippen LogP contribution in [0.3, 0.4) is 0 Å². The van der Waals surface area contributed by atoms with E-state index in [0.717, 1.165) is 19.5 Å². The standard InChI is InChI=1S/C15H21N3/c1-17-9-5-13-3-2-4-14(15(13)17)6-10-18-11-7-16-8-12-18/h2-5,9,16H,6-8,10-12H2,1H3. The van der Waals surface area contributed by atoms with Crippen molar-refractivity contribution in [3.63, 3.8) is 0 Å². The molecule has 1 fully saturated rings. The molecule has 3 nitrogen and oxygen atoms in total. The van der Waals surface area contributed by atoms with E-state index in [1.54, 1.807) is 0 Å². The summed E-state index contributed by atoms with van der Waals surface area (Å²) in [5.74, 6) is 0. The Morgan fingerprint density at radius 1 is 1.17 bits per heavy atom. The maximum Gasteiger partial charge on any atom is 0.0510 e. The molecule has 1 saturated heterocycles. The summed E-state index contributed by atoms with van der Waals surface area (Å²) < 4.78 is 2.24. The van der Waals surface area contributed by atoms with Gasteiger partial charge in [0.1, 0.15) is 0 Å². The lowest BCUT2D eigenvalue weighted by Gasteiger charge is -2.27. The van der Waals surface area contributed by atoms with Crippen molar-refractivity contribution in [2.45, 2.75) is 6.42 Å². The Labute approximate surface area is 108 Å². The smallest absolute Gasteiger partial charge is 0.0510 e. The molecule has 1 N–H and O–H groups in total. The Balaban J connectivity index is 1.75. The predicted molar refractivity (Wildman–Crippen MR) is 75.9 cm³/mol. The van der Waals surface area contributed by atoms with E-state index in [1.807, 2.05) is 0 Å². The average Bonchev–Trinajstić information content (AvgIpc) is 2.80. The molecule has 96 valence electrons. The van der Waals surface area contributed by atoms with Crippen molar-refractivity contribution in [2.24, 2.45) is 7.05 Å². The summed E-state index contributed by atoms with van der Waals surface area (Å²) in [5, 5.41) is 4.76. The maximum atomic E-state index is 3.40. The number of nitrogens with one attached hydrogen (secondary N) is 1. The van der Waals surface area contributed by atoms with Crippen LogP contribution in [0.4, 0.5) is 0 Å². The molecule has 0 bridgehead atoms. The van der Waals surface area contributed by atoms with E-state index < -0.39 is 0 Å². The average molecular weight is 243 g/mol. The van der Waals surface area contributed by atoms with Crippen LogP contribution in [0.2, 0.25) is 0 Å². The monoisotopic (exact) mass is 243 g/mol. The number of hydrogen-bond acceptors (Lipinski definition) is 2. The van der Waals surface area contributed by atoms with Crippen LogP contribution in [0, 0.1) is 0 Å². The van der Waals surface area contributed by atoms with Crippen LogP contribution >= 0.6 is 0 Å². The third-order valence-electron chi connectivity index (χ3n) is 3.89. The molecule has 0 unspecified atom stereocenters. The highest BCUT2D eigenvalue weighted by Crippen LogP contribution is 2.20. The van der Waals surface area contributed by atoms with Crippen molar-refractivity contribution in [3.8, 4) is 0 Å². The van der Waals surface area contributed by atoms with Crippen LogP contribution in [-0.4, -0.2) is 42.2 Å². The van der Waals surface area contributed by atoms with Gasteiger partial charge in [0.15, 0.2) is 0 Å². The number of fused-ring (bicyclic) bond motifs is 1. The van der Waals surface area contributed by atoms with Gasteiger partial charge in [0.05, 0.1) is 5.52 Å². The van der Waals surface area contributed by atoms with Crippen molar-refractivity contribution >= 4 is 10.9 Å². The minimum Gasteiger partial charge on any atom is -0.350 e. The molecular weight excluding hydrogens is 222 g/mol. The van der Waals surface area contributed by atoms with Gasteiger partial charge >= 0.3 is 0 Å². The summed E-state index contributed by atoms with van der Waals surface area (Å²) in [6.07, 6.45) is 3.30. The van der Waals surface area contributed by atoms with Gasteiger partial charge in [-0.05, 0) is 23.4 Å². The number of rotatable bonds is 3. The van der Waals surface area contributed by atoms with Gasteiger partial charge in [0, 0.05) is 46.0 Å². The van der Waals surface area contributed by atoms with Crippen LogP contribution in [0.25, 0.3) is 10.9 Å². The molecule has 1 aromatic heterocycles. The molecule has 1 aliphatic heterocycles. The van der Waals surface area contributed by atoms with Crippen molar-refractivity contribution in [1.29, 1.82) is 0 Å². The predicted octanol–water partition coefficient (Wildman–Crippen LogP) is 1.63. The zero-order valence-corrected chi connectivity index (χ0v) is 11.0. The number of hydrogen-bond donors (Lipinski definition) is 1. The van der Waals surface area contributed by atoms with Gasteiger partial charge in [-0.25, -0.2) is 0 Å². The van der Waals surface area contributed by atoms with Gasteiger partial charge in [-0.15, -0.1) is 0 Å². The van der Waals surface area contributed by atoms with Gasteiger partial charge in [0.25, 0.3) is 0 Å². The minimum absolute atomic E-state index is 1.13. The Morgan fingerprint density at radius 3 is 2.83 bits per heavy atom. The second kappa shape index (κ2) is 5.12. The first-order chi connectivity index (χ1) is 8.84. The molecule has 1 aromatic carbocycles. The Morgan fingerprint density at radius 2 is 2.00 bits per heavy atom. The first-order valence-corrected chi connectivity index (χ1v) is 6.80. The van der Waals surface area contributed by atoms with Crippen LogP contribution in [0.15, 0.2) is 30.5 Å². The largest absolute Gasteiger partial charge is 0.350 e. The molecule has 0 radical (unpaired) electrons. The quantitative estimate of drug-likeness (QED) is 0.884. The topological polar surface area (TPSA) is 20.2 Å². The zero-order valence-electron chi connectivity index (χ0n) is 11.0. The third-order valence-corrected chi connectivity index (χ3v) is 3.89. The fourth-order valence-electron chi connectivity index (χ4n) is 2.86. The number of nitrogens with zero attached hydrogens (tertiary/aromatic N) is 2. The number of aromatic nitrogens is 1. The summed E-state index contributed by atoms with van der Waals surface area (Å²) >= 11 is 0. The summed E-state index contributed by atoms with van der Waals surface area (Å²) in [4.78, 5) is 2.55. The first-order valence-electron chi connectivity index (χ1n) is 6.80. The highest BCUT2D eigenvalue weighted by Gasteiger charge is 2.10. The second-order valence-corrected chi connectivity index (χ2v) is 5.12. The molecule has 2 heterocycles. The highest BCUT2D eigenvalue weighted by molar-refractivity contribution is 5.83. The van der Waals surface area contributed by atoms with Crippen LogP contribution in [0.5, 0.6) is 0 Å². The molecular formula is C15H21N3. The fraction of sp³-hybridized carbons (Fsp3) is 0.467. The van der Waals surface area contributed by atoms with Crippen molar-refractivity contribution < 1.29 is 0 Å². The van der Waals surface area contributed by atoms with Gasteiger partial charge in [0.2, 0.25) is 0 Å². The van der Waals surface area contributed by atoms with E-state index in [1.165, 1.54) is 36.1 Å². The minimum atomic E-state index is 1.13. The summed E-state index contributed by atoms with van der Waals surface area (Å²) in [6, 6.07) is 8.84. The molecule has 0 spiro atoms. The van der Waals surface area contributed by atoms with E-state index in [4.69, 9.17) is 0 Å². The van der Waals surface area contributed by atoms with Gasteiger partial charge in [-0.3, -0.25) is 0 Å². The van der Waals surface area contributed by atoms with E-state index in [2.05, 4.69) is 52.3 Å². The van der Waals surface area contributed by atoms with E-state index >= 15 is 0 Å². The number of benzene rings is 1. The zero-order chi connectivity index (χ0) is 12.4. The van der Waals surface area contributed by atoms with Gasteiger partial charge in [-0.2, -0.15) is 0 Å². The molecule has 18 heavy (non-hydrogen) atoms. The van der Waals surface area contributed by atoms with Gasteiger partial charge < -0.3 is 14.8 Å². The molecule has 3 heteroatoms. The molecule has 2 aromatic rings. The summed E-state index contributed by atoms with van der Waals surface area (Å²) in [5.41, 5.74) is 2.87. The Kier molecular flexibility index (Phi) is 3.35. The van der Waals surface area contributed by atoms with Crippen molar-refractivity contribution in [3.05, 3.63) is 36.0 Å². The number of piperazine rings is 1. The van der Waals surface area contributed by atoms with Crippen LogP contribution in [0.1, 0.15) is 5.56 Å². The highest BCUT2D eigenvalue weighted by atomic mass is 15.2. The van der Waals surface area contributed by atoms with E-state index in [-0.39, 0.29) is 0 Å². The molecule has 0 amide bonds. The second-order valence-electron chi connectivity index (χ2n) is 5.12. The Hall–Kier alpha value is -1.32. The molecule has 1 aliphatic rings. The Bertz CT molecular complexity index is 524. The molecule has 0 atom stereocenters. The van der Waals surface area contributed by atoms with Crippen molar-refractivity contribution in [1.82, 2.24) is 14.8 Å². The third kappa shape index (κ3) is 2.28. The summed E-state index contributed by atoms with van der Waals surface area (Å²) in [6.45, 7) is 5.81. The lowest BCUT2D eigenvalue weighted by Crippen LogP contribution is -2.44. The first kappa shape index (κ1) is 11.8. The van der Waals surface area contributed by atoms with Crippen molar-refractivity contribution in [2.75, 3.05) is 32.7 Å². The molecule has 0 saturated carbocycles. The summed E-state index contributed by atoms with van der Waals surface area (Å²) in [7, 11) is 2.14. The maximum absolute atomic E-state index is 3.40. The van der Waals surface area contributed by atoms with Crippen LogP contribution < -0.4 is 5.32 Å². The normalized spacial score (nSPS) is 17.4. The molecule has 0 aliphatic carbocycles. The fourth-order valence-corrected chi connectivity index (χ4v) is 2.86. The van der Waals surface area contributed by atoms with Crippen LogP contribution in [-0.2, 0) is 13.5 Å². The lowest BCUT2D eigenvalue weighted by atomic mass is 10.1. The van der Waals surface area contributed by atoms with Gasteiger partial charge in [-0.1, -0.05) is 18.2 Å². The SMILES string of the molecule is Cn1ccc2cccc(CCN3CCNCC3)c21. The number of para-hydroxylation sites is 1. The number of aryl methyl sites for hydroxylation is 1. The lowest BCUT2D eigenvalue weighted by molar-refractivity contribution is 0.244. The molecule has 3 rings (SSSR count).